The van der Waals surface area contributed by atoms with Gasteiger partial charge in [0.2, 0.25) is 0 Å². The standard InChI is InChI=1S/C27H25NO4/c1-17-24(27(29)32-20-11-7-4-8-12-20)23(31-16-18-9-5-3-6-10-18)14-22(26(17)30-2)25-21-13-19(21)15-28-25/h3-12,14,19,21H,13,15-16H2,1-2H3. The summed E-state index contributed by atoms with van der Waals surface area (Å²) in [5.74, 6) is 2.27. The van der Waals surface area contributed by atoms with Crippen molar-refractivity contribution in [1.29, 1.82) is 0 Å². The number of ether oxygens (including phenoxy) is 3. The average Bonchev–Trinajstić information content (AvgIpc) is 3.48. The number of carbonyl (C=O) groups is 1. The van der Waals surface area contributed by atoms with E-state index in [4.69, 9.17) is 19.2 Å². The van der Waals surface area contributed by atoms with Gasteiger partial charge in [0, 0.05) is 29.3 Å². The van der Waals surface area contributed by atoms with E-state index in [-0.39, 0.29) is 0 Å². The molecule has 1 heterocycles. The molecule has 2 unspecified atom stereocenters. The van der Waals surface area contributed by atoms with Crippen LogP contribution in [0.5, 0.6) is 17.2 Å². The molecule has 0 amide bonds. The summed E-state index contributed by atoms with van der Waals surface area (Å²) in [6.07, 6.45) is 1.17. The molecule has 0 radical (unpaired) electrons. The molecule has 0 spiro atoms. The molecule has 3 aromatic rings. The molecule has 1 aliphatic carbocycles. The van der Waals surface area contributed by atoms with E-state index in [1.807, 2.05) is 61.5 Å². The number of methoxy groups -OCH3 is 1. The van der Waals surface area contributed by atoms with E-state index in [0.29, 0.717) is 46.8 Å². The molecule has 2 atom stereocenters. The van der Waals surface area contributed by atoms with Crippen LogP contribution in [0, 0.1) is 18.8 Å². The van der Waals surface area contributed by atoms with Gasteiger partial charge in [-0.15, -0.1) is 0 Å². The quantitative estimate of drug-likeness (QED) is 0.382. The number of nitrogens with zero attached hydrogens (tertiary/aromatic N) is 1. The summed E-state index contributed by atoms with van der Waals surface area (Å²) < 4.78 is 17.6. The van der Waals surface area contributed by atoms with Gasteiger partial charge in [0.05, 0.1) is 7.11 Å². The molecule has 0 bridgehead atoms. The zero-order chi connectivity index (χ0) is 22.1. The molecule has 1 saturated carbocycles. The fourth-order valence-corrected chi connectivity index (χ4v) is 4.37. The lowest BCUT2D eigenvalue weighted by atomic mass is 9.97. The van der Waals surface area contributed by atoms with Crippen molar-refractivity contribution < 1.29 is 19.0 Å². The molecule has 2 aliphatic rings. The molecule has 0 N–H and O–H groups in total. The maximum absolute atomic E-state index is 13.3. The van der Waals surface area contributed by atoms with Gasteiger partial charge in [-0.05, 0) is 43.0 Å². The van der Waals surface area contributed by atoms with E-state index in [0.717, 1.165) is 23.4 Å². The van der Waals surface area contributed by atoms with Gasteiger partial charge in [0.25, 0.3) is 0 Å². The van der Waals surface area contributed by atoms with Crippen molar-refractivity contribution in [1.82, 2.24) is 0 Å². The van der Waals surface area contributed by atoms with Gasteiger partial charge in [0.15, 0.2) is 0 Å². The van der Waals surface area contributed by atoms with Crippen molar-refractivity contribution >= 4 is 11.7 Å². The van der Waals surface area contributed by atoms with E-state index < -0.39 is 5.97 Å². The Bertz CT molecular complexity index is 1170. The summed E-state index contributed by atoms with van der Waals surface area (Å²) in [7, 11) is 1.63. The molecule has 0 saturated heterocycles. The largest absolute Gasteiger partial charge is 0.496 e. The van der Waals surface area contributed by atoms with Crippen LogP contribution in [0.15, 0.2) is 71.7 Å². The van der Waals surface area contributed by atoms with Gasteiger partial charge in [-0.25, -0.2) is 4.79 Å². The van der Waals surface area contributed by atoms with Crippen molar-refractivity contribution in [3.05, 3.63) is 89.0 Å². The number of rotatable bonds is 7. The number of hydrogen-bond donors (Lipinski definition) is 0. The number of fused-ring (bicyclic) bond motifs is 1. The van der Waals surface area contributed by atoms with Crippen LogP contribution in [0.2, 0.25) is 0 Å². The van der Waals surface area contributed by atoms with E-state index in [2.05, 4.69) is 0 Å². The van der Waals surface area contributed by atoms with Crippen LogP contribution >= 0.6 is 0 Å². The summed E-state index contributed by atoms with van der Waals surface area (Å²) in [6.45, 7) is 3.08. The van der Waals surface area contributed by atoms with Gasteiger partial charge in [-0.1, -0.05) is 48.5 Å². The van der Waals surface area contributed by atoms with E-state index >= 15 is 0 Å². The fourth-order valence-electron chi connectivity index (χ4n) is 4.37. The molecule has 32 heavy (non-hydrogen) atoms. The number of hydrogen-bond acceptors (Lipinski definition) is 5. The summed E-state index contributed by atoms with van der Waals surface area (Å²) in [6, 6.07) is 20.8. The first kappa shape index (κ1) is 20.3. The van der Waals surface area contributed by atoms with Crippen molar-refractivity contribution in [2.45, 2.75) is 20.0 Å². The number of esters is 1. The summed E-state index contributed by atoms with van der Waals surface area (Å²) in [4.78, 5) is 18.0. The van der Waals surface area contributed by atoms with Crippen LogP contribution < -0.4 is 14.2 Å². The Morgan fingerprint density at radius 3 is 2.41 bits per heavy atom. The Balaban J connectivity index is 1.55. The van der Waals surface area contributed by atoms with Crippen LogP contribution in [0.25, 0.3) is 0 Å². The smallest absolute Gasteiger partial charge is 0.347 e. The summed E-state index contributed by atoms with van der Waals surface area (Å²) >= 11 is 0. The van der Waals surface area contributed by atoms with Gasteiger partial charge in [-0.2, -0.15) is 0 Å². The van der Waals surface area contributed by atoms with E-state index in [9.17, 15) is 4.79 Å². The lowest BCUT2D eigenvalue weighted by Crippen LogP contribution is -2.16. The van der Waals surface area contributed by atoms with Gasteiger partial charge in [0.1, 0.15) is 29.4 Å². The highest BCUT2D eigenvalue weighted by molar-refractivity contribution is 6.09. The normalized spacial score (nSPS) is 18.5. The Hall–Kier alpha value is -3.60. The lowest BCUT2D eigenvalue weighted by molar-refractivity contribution is 0.0728. The van der Waals surface area contributed by atoms with Gasteiger partial charge >= 0.3 is 5.97 Å². The Kier molecular flexibility index (Phi) is 5.39. The molecule has 5 rings (SSSR count). The third-order valence-electron chi connectivity index (χ3n) is 6.13. The predicted octanol–water partition coefficient (Wildman–Crippen LogP) is 5.24. The highest BCUT2D eigenvalue weighted by Gasteiger charge is 2.46. The summed E-state index contributed by atoms with van der Waals surface area (Å²) in [5, 5.41) is 0. The Labute approximate surface area is 187 Å². The maximum Gasteiger partial charge on any atom is 0.347 e. The second-order valence-corrected chi connectivity index (χ2v) is 8.26. The van der Waals surface area contributed by atoms with Crippen LogP contribution in [0.4, 0.5) is 0 Å². The SMILES string of the molecule is COc1c(C2=NCC3CC23)cc(OCc2ccccc2)c(C(=O)Oc2ccccc2)c1C. The monoisotopic (exact) mass is 427 g/mol. The minimum Gasteiger partial charge on any atom is -0.496 e. The van der Waals surface area contributed by atoms with Crippen LogP contribution in [-0.2, 0) is 6.61 Å². The van der Waals surface area contributed by atoms with E-state index in [1.54, 1.807) is 19.2 Å². The molecule has 0 aromatic heterocycles. The zero-order valence-electron chi connectivity index (χ0n) is 18.2. The highest BCUT2D eigenvalue weighted by atomic mass is 16.5. The number of aliphatic imine (C=N–C) groups is 1. The summed E-state index contributed by atoms with van der Waals surface area (Å²) in [5.41, 5.74) is 4.05. The first-order valence-corrected chi connectivity index (χ1v) is 10.9. The molecule has 5 heteroatoms. The highest BCUT2D eigenvalue weighted by Crippen LogP contribution is 2.48. The molecule has 1 fully saturated rings. The number of carbonyl (C=O) groups excluding carboxylic acids is 1. The molecular weight excluding hydrogens is 402 g/mol. The van der Waals surface area contributed by atoms with Gasteiger partial charge < -0.3 is 14.2 Å². The molecular formula is C27H25NO4. The van der Waals surface area contributed by atoms with Crippen molar-refractivity contribution in [3.8, 4) is 17.2 Å². The van der Waals surface area contributed by atoms with E-state index in [1.165, 1.54) is 6.42 Å². The predicted molar refractivity (Wildman–Crippen MR) is 123 cm³/mol. The van der Waals surface area contributed by atoms with Crippen molar-refractivity contribution in [2.75, 3.05) is 13.7 Å². The fraction of sp³-hybridized carbons (Fsp3) is 0.259. The molecule has 1 aliphatic heterocycles. The van der Waals surface area contributed by atoms with Crippen LogP contribution in [0.3, 0.4) is 0 Å². The zero-order valence-corrected chi connectivity index (χ0v) is 18.2. The average molecular weight is 428 g/mol. The van der Waals surface area contributed by atoms with Gasteiger partial charge in [-0.3, -0.25) is 4.99 Å². The first-order valence-electron chi connectivity index (χ1n) is 10.9. The van der Waals surface area contributed by atoms with Crippen LogP contribution in [0.1, 0.15) is 33.5 Å². The van der Waals surface area contributed by atoms with Crippen molar-refractivity contribution in [3.63, 3.8) is 0 Å². The number of para-hydroxylation sites is 1. The topological polar surface area (TPSA) is 57.1 Å². The maximum atomic E-state index is 13.3. The Morgan fingerprint density at radius 1 is 1.06 bits per heavy atom. The Morgan fingerprint density at radius 2 is 1.78 bits per heavy atom. The van der Waals surface area contributed by atoms with Crippen LogP contribution in [-0.4, -0.2) is 25.3 Å². The molecule has 3 aromatic carbocycles. The second-order valence-electron chi connectivity index (χ2n) is 8.26. The lowest BCUT2D eigenvalue weighted by Gasteiger charge is -2.19. The second kappa shape index (κ2) is 8.50. The minimum absolute atomic E-state index is 0.343. The molecule has 5 nitrogen and oxygen atoms in total. The molecule has 162 valence electrons. The third kappa shape index (κ3) is 3.86. The van der Waals surface area contributed by atoms with Crippen molar-refractivity contribution in [2.24, 2.45) is 16.8 Å². The minimum atomic E-state index is -0.473. The first-order chi connectivity index (χ1) is 15.7. The number of benzene rings is 3. The third-order valence-corrected chi connectivity index (χ3v) is 6.13.